The van der Waals surface area contributed by atoms with Crippen molar-refractivity contribution in [2.24, 2.45) is 5.73 Å². The summed E-state index contributed by atoms with van der Waals surface area (Å²) in [4.78, 5) is 11.8. The van der Waals surface area contributed by atoms with Gasteiger partial charge in [-0.15, -0.1) is 11.8 Å². The molecule has 0 heterocycles. The number of hydrogen-bond donors (Lipinski definition) is 2. The van der Waals surface area contributed by atoms with Crippen molar-refractivity contribution in [2.75, 3.05) is 11.1 Å². The van der Waals surface area contributed by atoms with Crippen LogP contribution in [-0.4, -0.2) is 17.7 Å². The molecular formula is C13H17N3OS. The average molecular weight is 263 g/mol. The number of nitrogens with zero attached hydrogens (tertiary/aromatic N) is 1. The first-order chi connectivity index (χ1) is 8.58. The quantitative estimate of drug-likeness (QED) is 0.772. The Labute approximate surface area is 112 Å². The summed E-state index contributed by atoms with van der Waals surface area (Å²) in [5.41, 5.74) is 6.53. The van der Waals surface area contributed by atoms with Crippen molar-refractivity contribution in [2.45, 2.75) is 31.2 Å². The number of primary amides is 1. The number of hydrogen-bond acceptors (Lipinski definition) is 4. The lowest BCUT2D eigenvalue weighted by Crippen LogP contribution is -2.24. The highest BCUT2D eigenvalue weighted by atomic mass is 32.2. The molecule has 1 aromatic rings. The van der Waals surface area contributed by atoms with Crippen LogP contribution in [0.1, 0.15) is 25.8 Å². The van der Waals surface area contributed by atoms with Crippen LogP contribution in [-0.2, 0) is 4.79 Å². The van der Waals surface area contributed by atoms with Gasteiger partial charge in [-0.2, -0.15) is 5.26 Å². The second kappa shape index (κ2) is 6.92. The van der Waals surface area contributed by atoms with Gasteiger partial charge < -0.3 is 11.1 Å². The molecule has 1 unspecified atom stereocenters. The smallest absolute Gasteiger partial charge is 0.219 e. The number of thioether (sulfide) groups is 1. The van der Waals surface area contributed by atoms with Crippen molar-refractivity contribution < 1.29 is 4.79 Å². The van der Waals surface area contributed by atoms with E-state index in [1.54, 1.807) is 11.8 Å². The molecule has 1 rings (SSSR count). The maximum atomic E-state index is 10.8. The average Bonchev–Trinajstić information content (AvgIpc) is 2.28. The van der Waals surface area contributed by atoms with Gasteiger partial charge >= 0.3 is 0 Å². The molecule has 0 saturated carbocycles. The van der Waals surface area contributed by atoms with E-state index in [1.165, 1.54) is 0 Å². The van der Waals surface area contributed by atoms with Crippen molar-refractivity contribution in [1.29, 1.82) is 5.26 Å². The highest BCUT2D eigenvalue weighted by molar-refractivity contribution is 7.99. The third-order valence-corrected chi connectivity index (χ3v) is 3.29. The fourth-order valence-electron chi connectivity index (χ4n) is 1.66. The van der Waals surface area contributed by atoms with Crippen LogP contribution in [0.25, 0.3) is 0 Å². The Hall–Kier alpha value is -1.67. The van der Waals surface area contributed by atoms with Crippen molar-refractivity contribution in [3.05, 3.63) is 23.8 Å². The molecule has 0 fully saturated rings. The van der Waals surface area contributed by atoms with E-state index in [2.05, 4.69) is 11.4 Å². The molecule has 96 valence electrons. The largest absolute Gasteiger partial charge is 0.381 e. The first-order valence-electron chi connectivity index (χ1n) is 5.79. The maximum Gasteiger partial charge on any atom is 0.219 e. The van der Waals surface area contributed by atoms with E-state index in [0.29, 0.717) is 5.56 Å². The van der Waals surface area contributed by atoms with E-state index in [4.69, 9.17) is 5.73 Å². The third-order valence-electron chi connectivity index (χ3n) is 2.35. The first kappa shape index (κ1) is 14.4. The molecule has 0 saturated heterocycles. The summed E-state index contributed by atoms with van der Waals surface area (Å²) >= 11 is 1.63. The highest BCUT2D eigenvalue weighted by Crippen LogP contribution is 2.28. The lowest BCUT2D eigenvalue weighted by atomic mass is 10.1. The van der Waals surface area contributed by atoms with E-state index in [1.807, 2.05) is 32.0 Å². The summed E-state index contributed by atoms with van der Waals surface area (Å²) in [7, 11) is 0. The summed E-state index contributed by atoms with van der Waals surface area (Å²) in [6, 6.07) is 7.79. The predicted molar refractivity (Wildman–Crippen MR) is 74.5 cm³/mol. The minimum Gasteiger partial charge on any atom is -0.381 e. The van der Waals surface area contributed by atoms with Crippen LogP contribution in [0.4, 0.5) is 5.69 Å². The lowest BCUT2D eigenvalue weighted by molar-refractivity contribution is -0.118. The SMILES string of the molecule is CCSc1cccc(NC(C)CC(N)=O)c1C#N. The number of carbonyl (C=O) groups excluding carboxylic acids is 1. The number of anilines is 1. The minimum absolute atomic E-state index is 0.0866. The molecule has 4 nitrogen and oxygen atoms in total. The van der Waals surface area contributed by atoms with E-state index in [0.717, 1.165) is 16.3 Å². The van der Waals surface area contributed by atoms with Gasteiger partial charge in [-0.25, -0.2) is 0 Å². The Morgan fingerprint density at radius 3 is 2.89 bits per heavy atom. The summed E-state index contributed by atoms with van der Waals surface area (Å²) < 4.78 is 0. The number of nitrogens with one attached hydrogen (secondary N) is 1. The Morgan fingerprint density at radius 2 is 2.33 bits per heavy atom. The van der Waals surface area contributed by atoms with E-state index in [9.17, 15) is 10.1 Å². The van der Waals surface area contributed by atoms with Crippen molar-refractivity contribution in [3.8, 4) is 6.07 Å². The Balaban J connectivity index is 2.92. The summed E-state index contributed by atoms with van der Waals surface area (Å²) in [6.45, 7) is 3.91. The van der Waals surface area contributed by atoms with Crippen LogP contribution in [0, 0.1) is 11.3 Å². The molecule has 1 amide bonds. The second-order valence-electron chi connectivity index (χ2n) is 3.94. The van der Waals surface area contributed by atoms with Crippen LogP contribution in [0.5, 0.6) is 0 Å². The van der Waals surface area contributed by atoms with Gasteiger partial charge in [-0.3, -0.25) is 4.79 Å². The predicted octanol–water partition coefficient (Wildman–Crippen LogP) is 2.35. The molecule has 0 aliphatic rings. The van der Waals surface area contributed by atoms with Crippen molar-refractivity contribution in [3.63, 3.8) is 0 Å². The Kier molecular flexibility index (Phi) is 5.53. The molecule has 18 heavy (non-hydrogen) atoms. The highest BCUT2D eigenvalue weighted by Gasteiger charge is 2.11. The number of nitrogens with two attached hydrogens (primary N) is 1. The van der Waals surface area contributed by atoms with Gasteiger partial charge in [-0.1, -0.05) is 13.0 Å². The van der Waals surface area contributed by atoms with Crippen LogP contribution in [0.3, 0.4) is 0 Å². The summed E-state index contributed by atoms with van der Waals surface area (Å²) in [5.74, 6) is 0.558. The van der Waals surface area contributed by atoms with Gasteiger partial charge in [0.2, 0.25) is 5.91 Å². The Bertz CT molecular complexity index is 468. The number of nitriles is 1. The molecule has 1 atom stereocenters. The molecule has 0 radical (unpaired) electrons. The third kappa shape index (κ3) is 3.97. The number of carbonyl (C=O) groups is 1. The molecule has 1 aromatic carbocycles. The van der Waals surface area contributed by atoms with Crippen LogP contribution < -0.4 is 11.1 Å². The molecule has 5 heteroatoms. The molecule has 0 spiro atoms. The Morgan fingerprint density at radius 1 is 1.61 bits per heavy atom. The summed E-state index contributed by atoms with van der Waals surface area (Å²) in [6.07, 6.45) is 0.246. The van der Waals surface area contributed by atoms with Gasteiger partial charge in [0.05, 0.1) is 11.3 Å². The lowest BCUT2D eigenvalue weighted by Gasteiger charge is -2.16. The maximum absolute atomic E-state index is 10.8. The van der Waals surface area contributed by atoms with Gasteiger partial charge in [0.15, 0.2) is 0 Å². The van der Waals surface area contributed by atoms with Crippen molar-refractivity contribution in [1.82, 2.24) is 0 Å². The standard InChI is InChI=1S/C13H17N3OS/c1-3-18-12-6-4-5-11(10(12)8-14)16-9(2)7-13(15)17/h4-6,9,16H,3,7H2,1-2H3,(H2,15,17). The zero-order valence-corrected chi connectivity index (χ0v) is 11.4. The first-order valence-corrected chi connectivity index (χ1v) is 6.77. The van der Waals surface area contributed by atoms with Crippen LogP contribution in [0.2, 0.25) is 0 Å². The van der Waals surface area contributed by atoms with Gasteiger partial charge in [0.25, 0.3) is 0 Å². The van der Waals surface area contributed by atoms with Gasteiger partial charge in [-0.05, 0) is 24.8 Å². The normalized spacial score (nSPS) is 11.6. The van der Waals surface area contributed by atoms with Gasteiger partial charge in [0, 0.05) is 17.4 Å². The molecular weight excluding hydrogens is 246 g/mol. The zero-order chi connectivity index (χ0) is 13.5. The van der Waals surface area contributed by atoms with Gasteiger partial charge in [0.1, 0.15) is 6.07 Å². The monoisotopic (exact) mass is 263 g/mol. The topological polar surface area (TPSA) is 78.9 Å². The molecule has 3 N–H and O–H groups in total. The number of rotatable bonds is 6. The number of benzene rings is 1. The zero-order valence-electron chi connectivity index (χ0n) is 10.6. The van der Waals surface area contributed by atoms with Crippen LogP contribution >= 0.6 is 11.8 Å². The fourth-order valence-corrected chi connectivity index (χ4v) is 2.45. The van der Waals surface area contributed by atoms with E-state index < -0.39 is 0 Å². The number of amides is 1. The molecule has 0 bridgehead atoms. The molecule has 0 aromatic heterocycles. The van der Waals surface area contributed by atoms with E-state index >= 15 is 0 Å². The molecule has 0 aliphatic carbocycles. The summed E-state index contributed by atoms with van der Waals surface area (Å²) in [5, 5.41) is 12.4. The van der Waals surface area contributed by atoms with Crippen LogP contribution in [0.15, 0.2) is 23.1 Å². The second-order valence-corrected chi connectivity index (χ2v) is 5.25. The minimum atomic E-state index is -0.354. The van der Waals surface area contributed by atoms with E-state index in [-0.39, 0.29) is 18.4 Å². The molecule has 0 aliphatic heterocycles. The van der Waals surface area contributed by atoms with Crippen molar-refractivity contribution >= 4 is 23.4 Å². The fraction of sp³-hybridized carbons (Fsp3) is 0.385.